The second-order valence-electron chi connectivity index (χ2n) is 8.06. The number of likely N-dealkylation sites (tertiary alicyclic amines) is 1. The average Bonchev–Trinajstić information content (AvgIpc) is 3.11. The van der Waals surface area contributed by atoms with Crippen molar-refractivity contribution in [3.05, 3.63) is 65.2 Å². The molecule has 1 aliphatic carbocycles. The van der Waals surface area contributed by atoms with Crippen LogP contribution in [0.4, 0.5) is 0 Å². The highest BCUT2D eigenvalue weighted by atomic mass is 16.5. The van der Waals surface area contributed by atoms with Crippen LogP contribution < -0.4 is 9.47 Å². The van der Waals surface area contributed by atoms with Crippen LogP contribution in [0.1, 0.15) is 29.5 Å². The summed E-state index contributed by atoms with van der Waals surface area (Å²) in [6, 6.07) is 14.5. The summed E-state index contributed by atoms with van der Waals surface area (Å²) in [5, 5.41) is 0. The molecule has 0 aromatic heterocycles. The third-order valence-electron chi connectivity index (χ3n) is 6.57. The number of piperidine rings is 1. The van der Waals surface area contributed by atoms with Crippen molar-refractivity contribution < 1.29 is 14.3 Å². The van der Waals surface area contributed by atoms with Gasteiger partial charge in [0, 0.05) is 18.5 Å². The lowest BCUT2D eigenvalue weighted by molar-refractivity contribution is -0.138. The quantitative estimate of drug-likeness (QED) is 0.801. The minimum Gasteiger partial charge on any atom is -0.493 e. The minimum absolute atomic E-state index is 0.108. The highest BCUT2D eigenvalue weighted by Crippen LogP contribution is 2.44. The summed E-state index contributed by atoms with van der Waals surface area (Å²) in [5.41, 5.74) is 3.92. The number of benzene rings is 2. The molecule has 28 heavy (non-hydrogen) atoms. The Hall–Kier alpha value is -2.75. The number of carbonyl (C=O) groups excluding carboxylic acids is 1. The largest absolute Gasteiger partial charge is 0.493 e. The number of para-hydroxylation sites is 1. The third-order valence-corrected chi connectivity index (χ3v) is 6.57. The molecule has 1 unspecified atom stereocenters. The van der Waals surface area contributed by atoms with Crippen molar-refractivity contribution in [2.45, 2.75) is 24.7 Å². The first-order valence-electron chi connectivity index (χ1n) is 10.1. The smallest absolute Gasteiger partial charge is 0.229 e. The number of ether oxygens (including phenoxy) is 2. The van der Waals surface area contributed by atoms with Gasteiger partial charge < -0.3 is 14.4 Å². The number of rotatable bonds is 2. The van der Waals surface area contributed by atoms with Crippen molar-refractivity contribution in [1.29, 1.82) is 0 Å². The zero-order chi connectivity index (χ0) is 19.1. The van der Waals surface area contributed by atoms with E-state index in [2.05, 4.69) is 36.4 Å². The van der Waals surface area contributed by atoms with Gasteiger partial charge in [-0.1, -0.05) is 48.6 Å². The summed E-state index contributed by atoms with van der Waals surface area (Å²) in [4.78, 5) is 15.2. The maximum atomic E-state index is 13.2. The molecule has 0 saturated carbocycles. The summed E-state index contributed by atoms with van der Waals surface area (Å²) in [6.45, 7) is 2.04. The van der Waals surface area contributed by atoms with Crippen molar-refractivity contribution >= 4 is 12.0 Å². The molecule has 2 aromatic rings. The van der Waals surface area contributed by atoms with Gasteiger partial charge in [-0.05, 0) is 42.0 Å². The van der Waals surface area contributed by atoms with Gasteiger partial charge in [0.2, 0.25) is 5.91 Å². The molecular formula is C24H25NO3. The molecule has 4 nitrogen and oxygen atoms in total. The van der Waals surface area contributed by atoms with Crippen LogP contribution in [0.3, 0.4) is 0 Å². The molecule has 2 aromatic carbocycles. The van der Waals surface area contributed by atoms with E-state index in [1.54, 1.807) is 7.11 Å². The second-order valence-corrected chi connectivity index (χ2v) is 8.06. The molecule has 1 amide bonds. The summed E-state index contributed by atoms with van der Waals surface area (Å²) >= 11 is 0. The fraction of sp³-hybridized carbons (Fsp3) is 0.375. The Balaban J connectivity index is 1.28. The lowest BCUT2D eigenvalue weighted by Crippen LogP contribution is -2.48. The van der Waals surface area contributed by atoms with Crippen LogP contribution in [-0.4, -0.2) is 37.6 Å². The number of fused-ring (bicyclic) bond motifs is 3. The summed E-state index contributed by atoms with van der Waals surface area (Å²) in [5.74, 6) is 1.65. The fourth-order valence-electron chi connectivity index (χ4n) is 4.97. The minimum atomic E-state index is -0.111. The van der Waals surface area contributed by atoms with Crippen LogP contribution in [-0.2, 0) is 16.6 Å². The first-order chi connectivity index (χ1) is 13.7. The normalized spacial score (nSPS) is 21.8. The van der Waals surface area contributed by atoms with Gasteiger partial charge in [0.25, 0.3) is 0 Å². The highest BCUT2D eigenvalue weighted by Gasteiger charge is 2.40. The second kappa shape index (κ2) is 6.69. The molecule has 1 fully saturated rings. The van der Waals surface area contributed by atoms with Gasteiger partial charge in [-0.15, -0.1) is 0 Å². The van der Waals surface area contributed by atoms with Crippen LogP contribution in [0, 0.1) is 5.92 Å². The molecular weight excluding hydrogens is 350 g/mol. The summed E-state index contributed by atoms with van der Waals surface area (Å²) in [7, 11) is 1.65. The van der Waals surface area contributed by atoms with E-state index in [0.717, 1.165) is 49.4 Å². The predicted molar refractivity (Wildman–Crippen MR) is 109 cm³/mol. The van der Waals surface area contributed by atoms with Crippen molar-refractivity contribution in [1.82, 2.24) is 4.90 Å². The Bertz CT molecular complexity index is 941. The van der Waals surface area contributed by atoms with Crippen molar-refractivity contribution in [2.24, 2.45) is 5.92 Å². The van der Waals surface area contributed by atoms with E-state index in [-0.39, 0.29) is 17.2 Å². The SMILES string of the molecule is COc1cccc2c1OCC(C(=O)N1CCC3(C=Cc4ccccc43)CC1)C2. The Morgan fingerprint density at radius 3 is 2.79 bits per heavy atom. The van der Waals surface area contributed by atoms with Gasteiger partial charge in [0.05, 0.1) is 13.0 Å². The van der Waals surface area contributed by atoms with E-state index in [4.69, 9.17) is 9.47 Å². The van der Waals surface area contributed by atoms with E-state index >= 15 is 0 Å². The van der Waals surface area contributed by atoms with Crippen molar-refractivity contribution in [2.75, 3.05) is 26.8 Å². The molecule has 5 rings (SSSR count). The van der Waals surface area contributed by atoms with Crippen LogP contribution in [0.15, 0.2) is 48.5 Å². The molecule has 3 aliphatic rings. The molecule has 1 saturated heterocycles. The van der Waals surface area contributed by atoms with E-state index < -0.39 is 0 Å². The number of methoxy groups -OCH3 is 1. The van der Waals surface area contributed by atoms with Gasteiger partial charge >= 0.3 is 0 Å². The zero-order valence-corrected chi connectivity index (χ0v) is 16.2. The van der Waals surface area contributed by atoms with E-state index in [1.807, 2.05) is 23.1 Å². The summed E-state index contributed by atoms with van der Waals surface area (Å²) < 4.78 is 11.3. The number of amides is 1. The summed E-state index contributed by atoms with van der Waals surface area (Å²) in [6.07, 6.45) is 7.29. The van der Waals surface area contributed by atoms with Crippen molar-refractivity contribution in [3.63, 3.8) is 0 Å². The number of hydrogen-bond acceptors (Lipinski definition) is 3. The molecule has 0 bridgehead atoms. The monoisotopic (exact) mass is 375 g/mol. The van der Waals surface area contributed by atoms with Crippen LogP contribution >= 0.6 is 0 Å². The third kappa shape index (κ3) is 2.70. The average molecular weight is 375 g/mol. The molecule has 1 atom stereocenters. The van der Waals surface area contributed by atoms with Gasteiger partial charge in [0.15, 0.2) is 11.5 Å². The van der Waals surface area contributed by atoms with E-state index in [1.165, 1.54) is 11.1 Å². The number of hydrogen-bond donors (Lipinski definition) is 0. The first-order valence-corrected chi connectivity index (χ1v) is 10.1. The Kier molecular flexibility index (Phi) is 4.15. The van der Waals surface area contributed by atoms with Gasteiger partial charge in [-0.25, -0.2) is 0 Å². The standard InChI is InChI=1S/C24H25NO3/c1-27-21-8-4-6-18-15-19(16-28-22(18)21)23(26)25-13-11-24(12-14-25)10-9-17-5-2-3-7-20(17)24/h2-10,19H,11-16H2,1H3. The Morgan fingerprint density at radius 2 is 1.96 bits per heavy atom. The van der Waals surface area contributed by atoms with E-state index in [9.17, 15) is 4.79 Å². The molecule has 0 radical (unpaired) electrons. The predicted octanol–water partition coefficient (Wildman–Crippen LogP) is 3.83. The number of nitrogens with zero attached hydrogens (tertiary/aromatic N) is 1. The molecule has 2 aliphatic heterocycles. The lowest BCUT2D eigenvalue weighted by Gasteiger charge is -2.41. The number of carbonyl (C=O) groups is 1. The molecule has 144 valence electrons. The fourth-order valence-corrected chi connectivity index (χ4v) is 4.97. The maximum Gasteiger partial charge on any atom is 0.229 e. The first kappa shape index (κ1) is 17.4. The maximum absolute atomic E-state index is 13.2. The van der Waals surface area contributed by atoms with Crippen LogP contribution in [0.2, 0.25) is 0 Å². The van der Waals surface area contributed by atoms with Gasteiger partial charge in [-0.2, -0.15) is 0 Å². The molecule has 2 heterocycles. The molecule has 4 heteroatoms. The Labute approximate surface area is 165 Å². The van der Waals surface area contributed by atoms with E-state index in [0.29, 0.717) is 6.61 Å². The lowest BCUT2D eigenvalue weighted by atomic mass is 9.74. The molecule has 1 spiro atoms. The van der Waals surface area contributed by atoms with Crippen LogP contribution in [0.25, 0.3) is 6.08 Å². The topological polar surface area (TPSA) is 38.8 Å². The zero-order valence-electron chi connectivity index (χ0n) is 16.2. The van der Waals surface area contributed by atoms with Gasteiger partial charge in [0.1, 0.15) is 6.61 Å². The van der Waals surface area contributed by atoms with Crippen LogP contribution in [0.5, 0.6) is 11.5 Å². The highest BCUT2D eigenvalue weighted by molar-refractivity contribution is 5.80. The van der Waals surface area contributed by atoms with Crippen molar-refractivity contribution in [3.8, 4) is 11.5 Å². The van der Waals surface area contributed by atoms with Gasteiger partial charge in [-0.3, -0.25) is 4.79 Å². The Morgan fingerprint density at radius 1 is 1.14 bits per heavy atom. The molecule has 0 N–H and O–H groups in total. The number of allylic oxidation sites excluding steroid dienone is 1.